The fourth-order valence-electron chi connectivity index (χ4n) is 7.96. The first-order chi connectivity index (χ1) is 31.2. The van der Waals surface area contributed by atoms with Gasteiger partial charge < -0.3 is 29.7 Å². The summed E-state index contributed by atoms with van der Waals surface area (Å²) in [6.07, 6.45) is 11.9. The minimum absolute atomic E-state index is 0.00662. The van der Waals surface area contributed by atoms with E-state index in [9.17, 15) is 14.4 Å². The molecule has 1 atom stereocenters. The molecule has 64 heavy (non-hydrogen) atoms. The Morgan fingerprint density at radius 2 is 1.27 bits per heavy atom. The second kappa shape index (κ2) is 23.5. The van der Waals surface area contributed by atoms with Gasteiger partial charge in [0.25, 0.3) is 0 Å². The topological polar surface area (TPSA) is 140 Å². The number of benzene rings is 4. The van der Waals surface area contributed by atoms with E-state index >= 15 is 0 Å². The summed E-state index contributed by atoms with van der Waals surface area (Å²) in [4.78, 5) is 57.3. The van der Waals surface area contributed by atoms with Gasteiger partial charge in [-0.2, -0.15) is 0 Å². The highest BCUT2D eigenvalue weighted by atomic mass is 16.5. The van der Waals surface area contributed by atoms with Gasteiger partial charge in [0.15, 0.2) is 0 Å². The number of aromatic nitrogens is 4. The normalized spacial score (nSPS) is 13.7. The fourth-order valence-corrected chi connectivity index (χ4v) is 7.96. The van der Waals surface area contributed by atoms with E-state index in [1.807, 2.05) is 23.4 Å². The van der Waals surface area contributed by atoms with E-state index in [0.717, 1.165) is 71.2 Å². The van der Waals surface area contributed by atoms with Gasteiger partial charge >= 0.3 is 6.09 Å². The molecule has 8 rings (SSSR count). The maximum atomic E-state index is 14.4. The van der Waals surface area contributed by atoms with Crippen LogP contribution in [0.3, 0.4) is 0 Å². The Kier molecular flexibility index (Phi) is 17.4. The van der Waals surface area contributed by atoms with Gasteiger partial charge in [0.1, 0.15) is 24.0 Å². The van der Waals surface area contributed by atoms with Gasteiger partial charge in [-0.3, -0.25) is 14.6 Å². The summed E-state index contributed by atoms with van der Waals surface area (Å²) >= 11 is 0. The second-order valence-electron chi connectivity index (χ2n) is 16.8. The van der Waals surface area contributed by atoms with Gasteiger partial charge in [0.2, 0.25) is 5.91 Å². The summed E-state index contributed by atoms with van der Waals surface area (Å²) in [5.74, 6) is 1.99. The molecule has 1 unspecified atom stereocenters. The lowest BCUT2D eigenvalue weighted by Crippen LogP contribution is -2.45. The van der Waals surface area contributed by atoms with Gasteiger partial charge in [-0.05, 0) is 97.3 Å². The minimum atomic E-state index is -0.586. The van der Waals surface area contributed by atoms with Gasteiger partial charge in [-0.15, -0.1) is 0 Å². The van der Waals surface area contributed by atoms with Gasteiger partial charge in [-0.1, -0.05) is 113 Å². The van der Waals surface area contributed by atoms with E-state index in [1.165, 1.54) is 55.5 Å². The third kappa shape index (κ3) is 13.0. The standard InChI is InChI=1S/C45H51N7O.C4H7NO3.C3H8/c1-4-23-50(3)29-42-46-28-41(49-42)37-18-17-35-25-34(15-16-36(35)26-37)31-11-13-32(14-12-31)40-27-47-43(48-40)30-51(24-5-2)45(53)44(33-9-7-6-8-10-33)52(38-19-20-38)39-21-22-39;1-8-4(7)5-2-3-6;1-3-2/h6-18,25-28,38-39,44H,4-5,19-24,29-30H2,1-3H3,(H,46,49)(H,47,48);3H,2H2,1H3,(H,5,7);3H2,1-2H3. The number of fused-ring (bicyclic) bond motifs is 1. The van der Waals surface area contributed by atoms with Crippen molar-refractivity contribution in [2.24, 2.45) is 0 Å². The van der Waals surface area contributed by atoms with E-state index in [-0.39, 0.29) is 18.5 Å². The molecule has 12 nitrogen and oxygen atoms in total. The number of methoxy groups -OCH3 is 1. The highest BCUT2D eigenvalue weighted by Gasteiger charge is 2.46. The molecule has 3 N–H and O–H groups in total. The molecule has 0 spiro atoms. The lowest BCUT2D eigenvalue weighted by atomic mass is 9.98. The Labute approximate surface area is 378 Å². The van der Waals surface area contributed by atoms with Crippen molar-refractivity contribution in [2.75, 3.05) is 33.8 Å². The van der Waals surface area contributed by atoms with Crippen LogP contribution in [0.5, 0.6) is 0 Å². The minimum Gasteiger partial charge on any atom is -0.453 e. The predicted molar refractivity (Wildman–Crippen MR) is 256 cm³/mol. The maximum absolute atomic E-state index is 14.4. The van der Waals surface area contributed by atoms with Crippen molar-refractivity contribution in [3.05, 3.63) is 121 Å². The zero-order chi connectivity index (χ0) is 45.4. The number of nitrogens with zero attached hydrogens (tertiary/aromatic N) is 5. The molecule has 12 heteroatoms. The van der Waals surface area contributed by atoms with E-state index in [4.69, 9.17) is 4.98 Å². The lowest BCUT2D eigenvalue weighted by molar-refractivity contribution is -0.138. The Hall–Kier alpha value is -6.11. The number of amides is 2. The van der Waals surface area contributed by atoms with Crippen molar-refractivity contribution in [2.45, 2.75) is 104 Å². The molecule has 2 amide bonds. The van der Waals surface area contributed by atoms with Crippen molar-refractivity contribution >= 4 is 29.1 Å². The Bertz CT molecular complexity index is 2370. The molecule has 4 aromatic carbocycles. The number of rotatable bonds is 18. The van der Waals surface area contributed by atoms with E-state index < -0.39 is 6.09 Å². The van der Waals surface area contributed by atoms with Gasteiger partial charge in [0.05, 0.1) is 50.5 Å². The van der Waals surface area contributed by atoms with E-state index in [1.54, 1.807) is 0 Å². The van der Waals surface area contributed by atoms with Crippen molar-refractivity contribution < 1.29 is 19.1 Å². The van der Waals surface area contributed by atoms with Crippen LogP contribution in [-0.4, -0.2) is 98.8 Å². The number of hydrogen-bond donors (Lipinski definition) is 3. The lowest BCUT2D eigenvalue weighted by Gasteiger charge is -2.35. The van der Waals surface area contributed by atoms with Gasteiger partial charge in [-0.25, -0.2) is 14.8 Å². The molecule has 0 bridgehead atoms. The van der Waals surface area contributed by atoms with Crippen LogP contribution < -0.4 is 5.32 Å². The Morgan fingerprint density at radius 1 is 0.734 bits per heavy atom. The number of H-pyrrole nitrogens is 2. The van der Waals surface area contributed by atoms with Crippen molar-refractivity contribution in [3.63, 3.8) is 0 Å². The van der Waals surface area contributed by atoms with Crippen molar-refractivity contribution in [1.82, 2.24) is 40.0 Å². The predicted octanol–water partition coefficient (Wildman–Crippen LogP) is 10.2. The number of carbonyl (C=O) groups is 3. The zero-order valence-electron chi connectivity index (χ0n) is 38.5. The summed E-state index contributed by atoms with van der Waals surface area (Å²) in [6.45, 7) is 11.6. The number of carbonyl (C=O) groups excluding carboxylic acids is 3. The summed E-state index contributed by atoms with van der Waals surface area (Å²) in [5.41, 5.74) is 7.65. The quantitative estimate of drug-likeness (QED) is 0.0726. The molecule has 2 aromatic heterocycles. The summed E-state index contributed by atoms with van der Waals surface area (Å²) in [6, 6.07) is 33.1. The largest absolute Gasteiger partial charge is 0.453 e. The molecule has 0 radical (unpaired) electrons. The molecule has 0 aliphatic heterocycles. The van der Waals surface area contributed by atoms with Crippen LogP contribution in [0.4, 0.5) is 4.79 Å². The number of imidazole rings is 2. The molecule has 2 fully saturated rings. The first kappa shape index (κ1) is 47.4. The number of aromatic amines is 2. The molecule has 2 aliphatic carbocycles. The molecular weight excluding hydrogens is 801 g/mol. The first-order valence-corrected chi connectivity index (χ1v) is 23.0. The first-order valence-electron chi connectivity index (χ1n) is 23.0. The van der Waals surface area contributed by atoms with Crippen LogP contribution >= 0.6 is 0 Å². The molecule has 0 saturated heterocycles. The number of alkyl carbamates (subject to hydrolysis) is 1. The molecule has 2 heterocycles. The molecular formula is C52H66N8O4. The molecule has 2 saturated carbocycles. The van der Waals surface area contributed by atoms with Crippen LogP contribution in [0.25, 0.3) is 44.4 Å². The van der Waals surface area contributed by atoms with Crippen molar-refractivity contribution in [1.29, 1.82) is 0 Å². The van der Waals surface area contributed by atoms with Crippen LogP contribution in [0.1, 0.15) is 95.9 Å². The molecule has 2 aliphatic rings. The van der Waals surface area contributed by atoms with Crippen LogP contribution in [-0.2, 0) is 27.4 Å². The zero-order valence-corrected chi connectivity index (χ0v) is 38.5. The SMILES string of the molecule is CCC.CCCN(C)Cc1ncc(-c2ccc3cc(-c4ccc(-c5cnc(CN(CCC)C(=O)C(c6ccccc6)N(C6CC6)C6CC6)[nH]5)cc4)ccc3c2)[nH]1.COC(=O)NCC=O. The average molecular weight is 867 g/mol. The fraction of sp³-hybridized carbons (Fsp3) is 0.404. The third-order valence-corrected chi connectivity index (χ3v) is 11.2. The highest BCUT2D eigenvalue weighted by Crippen LogP contribution is 2.44. The number of nitrogens with one attached hydrogen (secondary N) is 3. The van der Waals surface area contributed by atoms with Crippen LogP contribution in [0.2, 0.25) is 0 Å². The molecule has 6 aromatic rings. The molecule has 338 valence electrons. The highest BCUT2D eigenvalue weighted by molar-refractivity contribution is 5.90. The van der Waals surface area contributed by atoms with Crippen molar-refractivity contribution in [3.8, 4) is 33.6 Å². The monoisotopic (exact) mass is 867 g/mol. The van der Waals surface area contributed by atoms with Gasteiger partial charge in [0, 0.05) is 24.2 Å². The number of aldehydes is 1. The second-order valence-corrected chi connectivity index (χ2v) is 16.8. The van der Waals surface area contributed by atoms with E-state index in [0.29, 0.717) is 31.5 Å². The summed E-state index contributed by atoms with van der Waals surface area (Å²) in [5, 5.41) is 4.56. The number of ether oxygens (including phenoxy) is 1. The Balaban J connectivity index is 0.000000553. The average Bonchev–Trinajstić information content (AvgIpc) is 4.25. The third-order valence-electron chi connectivity index (χ3n) is 11.2. The summed E-state index contributed by atoms with van der Waals surface area (Å²) < 4.78 is 4.14. The van der Waals surface area contributed by atoms with E-state index in [2.05, 4.69) is 154 Å². The van der Waals surface area contributed by atoms with Crippen LogP contribution in [0.15, 0.2) is 103 Å². The maximum Gasteiger partial charge on any atom is 0.407 e. The van der Waals surface area contributed by atoms with Crippen LogP contribution in [0, 0.1) is 0 Å². The number of hydrogen-bond acceptors (Lipinski definition) is 8. The Morgan fingerprint density at radius 3 is 1.83 bits per heavy atom. The smallest absolute Gasteiger partial charge is 0.407 e. The summed E-state index contributed by atoms with van der Waals surface area (Å²) in [7, 11) is 3.37.